The average Bonchev–Trinajstić information content (AvgIpc) is 2.45. The largest absolute Gasteiger partial charge is 0.350 e. The molecule has 0 saturated carbocycles. The molecule has 0 heterocycles. The van der Waals surface area contributed by atoms with Crippen molar-refractivity contribution in [3.05, 3.63) is 34.9 Å². The van der Waals surface area contributed by atoms with E-state index in [1.807, 2.05) is 32.0 Å². The van der Waals surface area contributed by atoms with Gasteiger partial charge in [-0.25, -0.2) is 0 Å². The van der Waals surface area contributed by atoms with Crippen LogP contribution in [0.15, 0.2) is 24.3 Å². The van der Waals surface area contributed by atoms with Crippen LogP contribution in [0.25, 0.3) is 0 Å². The van der Waals surface area contributed by atoms with Crippen LogP contribution in [0.4, 0.5) is 0 Å². The van der Waals surface area contributed by atoms with E-state index in [1.54, 1.807) is 6.07 Å². The van der Waals surface area contributed by atoms with Gasteiger partial charge in [-0.15, -0.1) is 0 Å². The van der Waals surface area contributed by atoms with E-state index in [2.05, 4.69) is 10.6 Å². The highest BCUT2D eigenvalue weighted by atomic mass is 35.5. The Balaban J connectivity index is 2.34. The number of carbonyl (C=O) groups excluding carboxylic acids is 2. The van der Waals surface area contributed by atoms with E-state index in [-0.39, 0.29) is 24.3 Å². The molecule has 0 spiro atoms. The third-order valence-corrected chi connectivity index (χ3v) is 3.58. The third kappa shape index (κ3) is 5.21. The maximum atomic E-state index is 11.7. The molecule has 2 N–H and O–H groups in total. The van der Waals surface area contributed by atoms with Crippen molar-refractivity contribution in [2.24, 2.45) is 5.92 Å². The summed E-state index contributed by atoms with van der Waals surface area (Å²) in [5.41, 5.74) is 0.855. The Kier molecular flexibility index (Phi) is 7.09. The van der Waals surface area contributed by atoms with Crippen LogP contribution in [0, 0.1) is 5.92 Å². The molecule has 2 amide bonds. The lowest BCUT2D eigenvalue weighted by Crippen LogP contribution is -2.39. The van der Waals surface area contributed by atoms with Gasteiger partial charge in [-0.05, 0) is 24.5 Å². The molecule has 4 nitrogen and oxygen atoms in total. The van der Waals surface area contributed by atoms with Gasteiger partial charge in [-0.1, -0.05) is 43.6 Å². The first-order chi connectivity index (χ1) is 9.58. The maximum absolute atomic E-state index is 11.7. The lowest BCUT2D eigenvalue weighted by atomic mass is 10.0. The second kappa shape index (κ2) is 8.59. The van der Waals surface area contributed by atoms with Crippen molar-refractivity contribution in [3.63, 3.8) is 0 Å². The van der Waals surface area contributed by atoms with Gasteiger partial charge in [-0.3, -0.25) is 9.59 Å². The van der Waals surface area contributed by atoms with Crippen LogP contribution < -0.4 is 10.6 Å². The maximum Gasteiger partial charge on any atom is 0.239 e. The minimum absolute atomic E-state index is 0.000212. The second-order valence-electron chi connectivity index (χ2n) is 4.60. The molecule has 1 rings (SSSR count). The van der Waals surface area contributed by atoms with Crippen LogP contribution in [0.3, 0.4) is 0 Å². The number of halogens is 1. The third-order valence-electron chi connectivity index (χ3n) is 3.21. The number of rotatable bonds is 7. The fourth-order valence-electron chi connectivity index (χ4n) is 1.87. The zero-order valence-electron chi connectivity index (χ0n) is 11.9. The van der Waals surface area contributed by atoms with Crippen molar-refractivity contribution in [1.82, 2.24) is 10.6 Å². The summed E-state index contributed by atoms with van der Waals surface area (Å²) in [6, 6.07) is 7.33. The molecule has 0 atom stereocenters. The van der Waals surface area contributed by atoms with Gasteiger partial charge in [0.2, 0.25) is 11.8 Å². The molecule has 0 aliphatic heterocycles. The van der Waals surface area contributed by atoms with E-state index in [1.165, 1.54) is 0 Å². The topological polar surface area (TPSA) is 58.2 Å². The Labute approximate surface area is 124 Å². The first-order valence-corrected chi connectivity index (χ1v) is 7.24. The van der Waals surface area contributed by atoms with Gasteiger partial charge < -0.3 is 10.6 Å². The van der Waals surface area contributed by atoms with Crippen LogP contribution in [0.2, 0.25) is 5.02 Å². The SMILES string of the molecule is CCC(CC)C(=O)NCC(=O)NCc1ccccc1Cl. The predicted molar refractivity (Wildman–Crippen MR) is 80.4 cm³/mol. The Morgan fingerprint density at radius 2 is 1.80 bits per heavy atom. The standard InChI is InChI=1S/C15H21ClN2O2/c1-3-11(4-2)15(20)18-10-14(19)17-9-12-7-5-6-8-13(12)16/h5-8,11H,3-4,9-10H2,1-2H3,(H,17,19)(H,18,20). The molecular formula is C15H21ClN2O2. The number of hydrogen-bond donors (Lipinski definition) is 2. The smallest absolute Gasteiger partial charge is 0.239 e. The molecule has 0 fully saturated rings. The number of amides is 2. The molecule has 5 heteroatoms. The number of hydrogen-bond acceptors (Lipinski definition) is 2. The zero-order chi connectivity index (χ0) is 15.0. The summed E-state index contributed by atoms with van der Waals surface area (Å²) in [5.74, 6) is -0.307. The molecule has 0 aromatic heterocycles. The highest BCUT2D eigenvalue weighted by Gasteiger charge is 2.14. The summed E-state index contributed by atoms with van der Waals surface area (Å²) >= 11 is 5.99. The summed E-state index contributed by atoms with van der Waals surface area (Å²) in [6.45, 7) is 4.29. The molecule has 110 valence electrons. The molecule has 0 bridgehead atoms. The Hall–Kier alpha value is -1.55. The predicted octanol–water partition coefficient (Wildman–Crippen LogP) is 2.51. The van der Waals surface area contributed by atoms with E-state index in [0.29, 0.717) is 11.6 Å². The fraction of sp³-hybridized carbons (Fsp3) is 0.467. The van der Waals surface area contributed by atoms with E-state index in [0.717, 1.165) is 18.4 Å². The lowest BCUT2D eigenvalue weighted by Gasteiger charge is -2.12. The van der Waals surface area contributed by atoms with Gasteiger partial charge in [-0.2, -0.15) is 0 Å². The van der Waals surface area contributed by atoms with Crippen LogP contribution in [0.5, 0.6) is 0 Å². The molecule has 0 radical (unpaired) electrons. The average molecular weight is 297 g/mol. The fourth-order valence-corrected chi connectivity index (χ4v) is 2.07. The highest BCUT2D eigenvalue weighted by molar-refractivity contribution is 6.31. The van der Waals surface area contributed by atoms with E-state index >= 15 is 0 Å². The van der Waals surface area contributed by atoms with Gasteiger partial charge in [0.1, 0.15) is 0 Å². The van der Waals surface area contributed by atoms with Gasteiger partial charge in [0, 0.05) is 17.5 Å². The van der Waals surface area contributed by atoms with E-state index in [4.69, 9.17) is 11.6 Å². The van der Waals surface area contributed by atoms with E-state index in [9.17, 15) is 9.59 Å². The van der Waals surface area contributed by atoms with Gasteiger partial charge in [0.25, 0.3) is 0 Å². The number of carbonyl (C=O) groups is 2. The molecular weight excluding hydrogens is 276 g/mol. The quantitative estimate of drug-likeness (QED) is 0.812. The molecule has 0 saturated heterocycles. The van der Waals surface area contributed by atoms with E-state index < -0.39 is 0 Å². The Bertz CT molecular complexity index is 459. The van der Waals surface area contributed by atoms with Gasteiger partial charge in [0.05, 0.1) is 6.54 Å². The van der Waals surface area contributed by atoms with Gasteiger partial charge in [0.15, 0.2) is 0 Å². The van der Waals surface area contributed by atoms with Crippen molar-refractivity contribution >= 4 is 23.4 Å². The summed E-state index contributed by atoms with van der Waals surface area (Å²) in [6.07, 6.45) is 1.56. The normalized spacial score (nSPS) is 10.4. The molecule has 0 unspecified atom stereocenters. The summed E-state index contributed by atoms with van der Waals surface area (Å²) in [7, 11) is 0. The van der Waals surface area contributed by atoms with Crippen LogP contribution in [0.1, 0.15) is 32.3 Å². The van der Waals surface area contributed by atoms with Crippen LogP contribution in [-0.2, 0) is 16.1 Å². The van der Waals surface area contributed by atoms with Crippen molar-refractivity contribution in [2.75, 3.05) is 6.54 Å². The van der Waals surface area contributed by atoms with Crippen molar-refractivity contribution < 1.29 is 9.59 Å². The minimum Gasteiger partial charge on any atom is -0.350 e. The van der Waals surface area contributed by atoms with Crippen molar-refractivity contribution in [2.45, 2.75) is 33.2 Å². The summed E-state index contributed by atoms with van der Waals surface area (Å²) < 4.78 is 0. The minimum atomic E-state index is -0.218. The van der Waals surface area contributed by atoms with Crippen molar-refractivity contribution in [1.29, 1.82) is 0 Å². The van der Waals surface area contributed by atoms with Gasteiger partial charge >= 0.3 is 0 Å². The monoisotopic (exact) mass is 296 g/mol. The second-order valence-corrected chi connectivity index (χ2v) is 5.01. The molecule has 1 aromatic rings. The molecule has 0 aliphatic carbocycles. The first-order valence-electron chi connectivity index (χ1n) is 6.86. The summed E-state index contributed by atoms with van der Waals surface area (Å²) in [5, 5.41) is 6.00. The Morgan fingerprint density at radius 3 is 2.40 bits per heavy atom. The zero-order valence-corrected chi connectivity index (χ0v) is 12.7. The molecule has 0 aliphatic rings. The summed E-state index contributed by atoms with van der Waals surface area (Å²) in [4.78, 5) is 23.4. The highest BCUT2D eigenvalue weighted by Crippen LogP contribution is 2.14. The number of nitrogens with one attached hydrogen (secondary N) is 2. The molecule has 20 heavy (non-hydrogen) atoms. The Morgan fingerprint density at radius 1 is 1.15 bits per heavy atom. The first kappa shape index (κ1) is 16.5. The molecule has 1 aromatic carbocycles. The van der Waals surface area contributed by atoms with Crippen LogP contribution in [-0.4, -0.2) is 18.4 Å². The van der Waals surface area contributed by atoms with Crippen LogP contribution >= 0.6 is 11.6 Å². The number of benzene rings is 1. The lowest BCUT2D eigenvalue weighted by molar-refractivity contribution is -0.128. The van der Waals surface area contributed by atoms with Crippen molar-refractivity contribution in [3.8, 4) is 0 Å².